The summed E-state index contributed by atoms with van der Waals surface area (Å²) in [6.45, 7) is 8.82. The Morgan fingerprint density at radius 2 is 1.73 bits per heavy atom. The van der Waals surface area contributed by atoms with Crippen molar-refractivity contribution in [2.24, 2.45) is 5.41 Å². The molecule has 11 heteroatoms. The minimum atomic E-state index is -0.959. The maximum atomic E-state index is 14.0. The second kappa shape index (κ2) is 11.9. The smallest absolute Gasteiger partial charge is 0.407 e. The molecule has 1 aliphatic rings. The van der Waals surface area contributed by atoms with Gasteiger partial charge in [-0.05, 0) is 47.7 Å². The number of rotatable bonds is 7. The normalized spacial score (nSPS) is 14.7. The Morgan fingerprint density at radius 1 is 1.00 bits per heavy atom. The third kappa shape index (κ3) is 5.36. The maximum Gasteiger partial charge on any atom is 0.407 e. The monoisotopic (exact) mass is 617 g/mol. The summed E-state index contributed by atoms with van der Waals surface area (Å²) >= 11 is 0. The lowest BCUT2D eigenvalue weighted by molar-refractivity contribution is 0.0593. The van der Waals surface area contributed by atoms with Crippen LogP contribution in [-0.2, 0) is 24.2 Å². The lowest BCUT2D eigenvalue weighted by atomic mass is 9.82. The first-order valence-corrected chi connectivity index (χ1v) is 14.8. The number of fused-ring (bicyclic) bond motifs is 3. The molecule has 0 spiro atoms. The van der Waals surface area contributed by atoms with Gasteiger partial charge in [0.05, 0.1) is 39.6 Å². The van der Waals surface area contributed by atoms with Gasteiger partial charge >= 0.3 is 12.1 Å². The number of esters is 1. The van der Waals surface area contributed by atoms with Crippen LogP contribution in [0.15, 0.2) is 47.3 Å². The number of methoxy groups -OCH3 is 3. The molecule has 11 nitrogen and oxygen atoms in total. The van der Waals surface area contributed by atoms with Gasteiger partial charge in [0.1, 0.15) is 17.2 Å². The molecule has 4 aromatic rings. The average molecular weight is 618 g/mol. The molecule has 3 heterocycles. The Morgan fingerprint density at radius 3 is 2.33 bits per heavy atom. The maximum absolute atomic E-state index is 14.0. The lowest BCUT2D eigenvalue weighted by Gasteiger charge is -2.42. The molecule has 1 atom stereocenters. The van der Waals surface area contributed by atoms with Crippen molar-refractivity contribution in [2.45, 2.75) is 53.2 Å². The van der Waals surface area contributed by atoms with Crippen LogP contribution in [0.2, 0.25) is 0 Å². The van der Waals surface area contributed by atoms with Gasteiger partial charge in [0.25, 0.3) is 5.56 Å². The summed E-state index contributed by atoms with van der Waals surface area (Å²) in [5.41, 5.74) is 2.50. The van der Waals surface area contributed by atoms with Gasteiger partial charge < -0.3 is 33.6 Å². The van der Waals surface area contributed by atoms with Crippen LogP contribution in [0.5, 0.6) is 17.2 Å². The SMILES string of the molecule is CCc1c(O)c(C(=O)OC)c(=O)n(Cc2ccc(OC)cc2OC)c1-c1ccc2c(c1)cc1n2CCN(C(=O)O)C1C(C)(C)C. The Labute approximate surface area is 261 Å². The molecule has 0 radical (unpaired) electrons. The van der Waals surface area contributed by atoms with Crippen LogP contribution in [0.4, 0.5) is 4.79 Å². The fourth-order valence-electron chi connectivity index (χ4n) is 6.55. The van der Waals surface area contributed by atoms with E-state index < -0.39 is 28.9 Å². The molecule has 0 bridgehead atoms. The highest BCUT2D eigenvalue weighted by Gasteiger charge is 2.40. The van der Waals surface area contributed by atoms with E-state index in [1.165, 1.54) is 16.6 Å². The quantitative estimate of drug-likeness (QED) is 0.254. The molecule has 1 amide bonds. The van der Waals surface area contributed by atoms with Crippen molar-refractivity contribution in [2.75, 3.05) is 27.9 Å². The summed E-state index contributed by atoms with van der Waals surface area (Å²) in [5, 5.41) is 22.2. The number of carbonyl (C=O) groups is 2. The number of ether oxygens (including phenoxy) is 3. The van der Waals surface area contributed by atoms with Crippen LogP contribution in [0.3, 0.4) is 0 Å². The van der Waals surface area contributed by atoms with E-state index in [-0.39, 0.29) is 18.0 Å². The highest BCUT2D eigenvalue weighted by atomic mass is 16.5. The highest BCUT2D eigenvalue weighted by Crippen LogP contribution is 2.43. The molecule has 0 saturated heterocycles. The van der Waals surface area contributed by atoms with Gasteiger partial charge in [0.2, 0.25) is 0 Å². The number of hydrogen-bond acceptors (Lipinski definition) is 7. The fraction of sp³-hybridized carbons (Fsp3) is 0.382. The second-order valence-electron chi connectivity index (χ2n) is 12.2. The van der Waals surface area contributed by atoms with Crippen molar-refractivity contribution < 1.29 is 34.0 Å². The van der Waals surface area contributed by atoms with Gasteiger partial charge in [-0.3, -0.25) is 9.69 Å². The predicted molar refractivity (Wildman–Crippen MR) is 170 cm³/mol. The van der Waals surface area contributed by atoms with Crippen LogP contribution in [-0.4, -0.2) is 64.2 Å². The number of carbonyl (C=O) groups excluding carboxylic acids is 1. The molecule has 0 aliphatic carbocycles. The standard InChI is InChI=1S/C34H39N3O8/c1-8-23-28(19-10-12-24-21(15-19)16-25-30(34(2,3)4)36(33(41)42)14-13-35(24)25)37(31(39)27(29(23)38)32(40)45-7)18-20-9-11-22(43-5)17-26(20)44-6/h9-12,15-17,30,38H,8,13-14,18H2,1-7H3,(H,41,42). The molecular weight excluding hydrogens is 578 g/mol. The van der Waals surface area contributed by atoms with Gasteiger partial charge in [-0.25, -0.2) is 9.59 Å². The second-order valence-corrected chi connectivity index (χ2v) is 12.2. The number of benzene rings is 2. The first-order valence-electron chi connectivity index (χ1n) is 14.8. The molecule has 0 fully saturated rings. The Balaban J connectivity index is 1.77. The number of carboxylic acid groups (broad SMARTS) is 1. The molecule has 1 aliphatic heterocycles. The first kappa shape index (κ1) is 31.5. The minimum Gasteiger partial charge on any atom is -0.506 e. The van der Waals surface area contributed by atoms with Crippen LogP contribution < -0.4 is 15.0 Å². The van der Waals surface area contributed by atoms with Gasteiger partial charge in [-0.1, -0.05) is 33.8 Å². The summed E-state index contributed by atoms with van der Waals surface area (Å²) < 4.78 is 19.5. The van der Waals surface area contributed by atoms with Crippen molar-refractivity contribution in [3.63, 3.8) is 0 Å². The highest BCUT2D eigenvalue weighted by molar-refractivity contribution is 5.94. The molecule has 1 unspecified atom stereocenters. The van der Waals surface area contributed by atoms with E-state index in [2.05, 4.69) is 4.57 Å². The number of aromatic nitrogens is 2. The zero-order valence-corrected chi connectivity index (χ0v) is 26.6. The van der Waals surface area contributed by atoms with E-state index in [0.29, 0.717) is 53.4 Å². The number of hydrogen-bond donors (Lipinski definition) is 2. The van der Waals surface area contributed by atoms with E-state index in [0.717, 1.165) is 23.7 Å². The number of amides is 1. The molecule has 2 aromatic heterocycles. The minimum absolute atomic E-state index is 0.0303. The Kier molecular flexibility index (Phi) is 8.31. The van der Waals surface area contributed by atoms with E-state index in [4.69, 9.17) is 14.2 Å². The van der Waals surface area contributed by atoms with Crippen LogP contribution in [0, 0.1) is 5.41 Å². The van der Waals surface area contributed by atoms with Crippen LogP contribution in [0.25, 0.3) is 22.2 Å². The molecule has 0 saturated carbocycles. The van der Waals surface area contributed by atoms with Crippen molar-refractivity contribution in [1.82, 2.24) is 14.0 Å². The molecular formula is C34H39N3O8. The summed E-state index contributed by atoms with van der Waals surface area (Å²) in [5.74, 6) is -0.273. The number of aromatic hydroxyl groups is 1. The fourth-order valence-corrected chi connectivity index (χ4v) is 6.55. The summed E-state index contributed by atoms with van der Waals surface area (Å²) in [4.78, 5) is 40.5. The van der Waals surface area contributed by atoms with Crippen molar-refractivity contribution in [1.29, 1.82) is 0 Å². The van der Waals surface area contributed by atoms with Crippen molar-refractivity contribution >= 4 is 23.0 Å². The van der Waals surface area contributed by atoms with Crippen LogP contribution in [0.1, 0.15) is 60.9 Å². The summed E-state index contributed by atoms with van der Waals surface area (Å²) in [6.07, 6.45) is -0.645. The summed E-state index contributed by atoms with van der Waals surface area (Å²) in [6, 6.07) is 12.7. The van der Waals surface area contributed by atoms with Crippen molar-refractivity contribution in [3.05, 3.63) is 75.2 Å². The van der Waals surface area contributed by atoms with Gasteiger partial charge in [0, 0.05) is 46.9 Å². The largest absolute Gasteiger partial charge is 0.506 e. The summed E-state index contributed by atoms with van der Waals surface area (Å²) in [7, 11) is 4.23. The van der Waals surface area contributed by atoms with Gasteiger partial charge in [0.15, 0.2) is 5.56 Å². The zero-order chi connectivity index (χ0) is 32.8. The molecule has 2 N–H and O–H groups in total. The van der Waals surface area contributed by atoms with E-state index in [9.17, 15) is 24.6 Å². The van der Waals surface area contributed by atoms with Crippen LogP contribution >= 0.6 is 0 Å². The lowest BCUT2D eigenvalue weighted by Crippen LogP contribution is -2.46. The van der Waals surface area contributed by atoms with Gasteiger partial charge in [-0.15, -0.1) is 0 Å². The third-order valence-corrected chi connectivity index (χ3v) is 8.53. The topological polar surface area (TPSA) is 132 Å². The molecule has 2 aromatic carbocycles. The van der Waals surface area contributed by atoms with Gasteiger partial charge in [-0.2, -0.15) is 0 Å². The number of nitrogens with zero attached hydrogens (tertiary/aromatic N) is 3. The molecule has 5 rings (SSSR count). The molecule has 238 valence electrons. The van der Waals surface area contributed by atoms with Crippen molar-refractivity contribution in [3.8, 4) is 28.5 Å². The zero-order valence-electron chi connectivity index (χ0n) is 26.6. The third-order valence-electron chi connectivity index (χ3n) is 8.53. The van der Waals surface area contributed by atoms with E-state index >= 15 is 0 Å². The van der Waals surface area contributed by atoms with E-state index in [1.54, 1.807) is 25.3 Å². The van der Waals surface area contributed by atoms with E-state index in [1.807, 2.05) is 52.0 Å². The average Bonchev–Trinajstić information content (AvgIpc) is 3.38. The first-order chi connectivity index (χ1) is 21.4. The predicted octanol–water partition coefficient (Wildman–Crippen LogP) is 5.67. The number of pyridine rings is 1. The Bertz CT molecular complexity index is 1860. The molecule has 45 heavy (non-hydrogen) atoms. The Hall–Kier alpha value is -4.93.